The Morgan fingerprint density at radius 2 is 1.75 bits per heavy atom. The number of aliphatic hydroxyl groups is 1. The molecule has 6 nitrogen and oxygen atoms in total. The average Bonchev–Trinajstić information content (AvgIpc) is 2.54. The lowest BCUT2D eigenvalue weighted by molar-refractivity contribution is -0.294. The molecule has 0 amide bonds. The third kappa shape index (κ3) is 2.97. The van der Waals surface area contributed by atoms with Crippen molar-refractivity contribution in [1.29, 1.82) is 0 Å². The summed E-state index contributed by atoms with van der Waals surface area (Å²) in [4.78, 5) is 0. The Bertz CT molecular complexity index is 591. The van der Waals surface area contributed by atoms with Crippen LogP contribution >= 0.6 is 12.4 Å². The molecule has 2 aliphatic rings. The van der Waals surface area contributed by atoms with Crippen molar-refractivity contribution in [3.63, 3.8) is 0 Å². The molecule has 1 aliphatic carbocycles. The van der Waals surface area contributed by atoms with Gasteiger partial charge in [-0.25, -0.2) is 0 Å². The quantitative estimate of drug-likeness (QED) is 0.858. The van der Waals surface area contributed by atoms with Gasteiger partial charge in [-0.2, -0.15) is 0 Å². The van der Waals surface area contributed by atoms with E-state index in [4.69, 9.17) is 24.7 Å². The maximum Gasteiger partial charge on any atom is 0.183 e. The highest BCUT2D eigenvalue weighted by Crippen LogP contribution is 2.48. The third-order valence-electron chi connectivity index (χ3n) is 5.05. The van der Waals surface area contributed by atoms with Crippen LogP contribution in [0.3, 0.4) is 0 Å². The van der Waals surface area contributed by atoms with E-state index in [-0.39, 0.29) is 12.4 Å². The monoisotopic (exact) mass is 359 g/mol. The zero-order valence-electron chi connectivity index (χ0n) is 14.3. The molecule has 0 saturated carbocycles. The third-order valence-corrected chi connectivity index (χ3v) is 5.05. The van der Waals surface area contributed by atoms with Crippen LogP contribution in [0.15, 0.2) is 12.1 Å². The normalized spacial score (nSPS) is 28.5. The first-order valence-corrected chi connectivity index (χ1v) is 7.93. The van der Waals surface area contributed by atoms with E-state index < -0.39 is 17.4 Å². The van der Waals surface area contributed by atoms with E-state index in [9.17, 15) is 5.11 Å². The Labute approximate surface area is 148 Å². The molecule has 0 radical (unpaired) electrons. The molecule has 1 aromatic rings. The molecule has 2 atom stereocenters. The van der Waals surface area contributed by atoms with Crippen molar-refractivity contribution in [2.24, 2.45) is 5.73 Å². The first-order chi connectivity index (χ1) is 10.9. The van der Waals surface area contributed by atoms with Gasteiger partial charge in [0, 0.05) is 17.5 Å². The van der Waals surface area contributed by atoms with Gasteiger partial charge in [0.05, 0.1) is 39.1 Å². The summed E-state index contributed by atoms with van der Waals surface area (Å²) < 4.78 is 22.6. The molecule has 0 spiro atoms. The molecule has 0 aromatic heterocycles. The summed E-state index contributed by atoms with van der Waals surface area (Å²) in [7, 11) is 3.20. The molecule has 3 N–H and O–H groups in total. The molecule has 2 unspecified atom stereocenters. The summed E-state index contributed by atoms with van der Waals surface area (Å²) in [6.07, 6.45) is 0.901. The predicted octanol–water partition coefficient (Wildman–Crippen LogP) is 1.96. The highest BCUT2D eigenvalue weighted by atomic mass is 35.5. The average molecular weight is 360 g/mol. The fourth-order valence-corrected chi connectivity index (χ4v) is 3.64. The van der Waals surface area contributed by atoms with Crippen LogP contribution in [0, 0.1) is 0 Å². The fourth-order valence-electron chi connectivity index (χ4n) is 3.64. The number of halogens is 1. The number of fused-ring (bicyclic) bond motifs is 1. The van der Waals surface area contributed by atoms with Crippen molar-refractivity contribution in [3.8, 4) is 11.5 Å². The molecule has 24 heavy (non-hydrogen) atoms. The van der Waals surface area contributed by atoms with Gasteiger partial charge in [0.1, 0.15) is 11.5 Å². The Balaban J connectivity index is 0.00000208. The number of methoxy groups -OCH3 is 2. The van der Waals surface area contributed by atoms with E-state index in [0.29, 0.717) is 37.6 Å². The van der Waals surface area contributed by atoms with Crippen molar-refractivity contribution in [3.05, 3.63) is 23.3 Å². The van der Waals surface area contributed by atoms with Crippen molar-refractivity contribution in [2.75, 3.05) is 27.4 Å². The van der Waals surface area contributed by atoms with Crippen LogP contribution in [-0.4, -0.2) is 43.9 Å². The first kappa shape index (κ1) is 19.3. The van der Waals surface area contributed by atoms with Crippen molar-refractivity contribution in [1.82, 2.24) is 0 Å². The van der Waals surface area contributed by atoms with Crippen molar-refractivity contribution in [2.45, 2.75) is 43.6 Å². The second-order valence-corrected chi connectivity index (χ2v) is 6.41. The van der Waals surface area contributed by atoms with Crippen LogP contribution in [0.25, 0.3) is 0 Å². The molecule has 1 aromatic carbocycles. The second-order valence-electron chi connectivity index (χ2n) is 6.41. The molecule has 1 saturated heterocycles. The molecular formula is C17H26ClNO5. The smallest absolute Gasteiger partial charge is 0.183 e. The maximum atomic E-state index is 10.7. The van der Waals surface area contributed by atoms with Gasteiger partial charge in [-0.05, 0) is 31.9 Å². The number of ether oxygens (including phenoxy) is 4. The minimum absolute atomic E-state index is 0. The van der Waals surface area contributed by atoms with Gasteiger partial charge in [0.15, 0.2) is 5.79 Å². The van der Waals surface area contributed by atoms with Crippen molar-refractivity contribution < 1.29 is 24.1 Å². The highest BCUT2D eigenvalue weighted by Gasteiger charge is 2.53. The van der Waals surface area contributed by atoms with E-state index in [1.807, 2.05) is 13.0 Å². The van der Waals surface area contributed by atoms with Crippen LogP contribution < -0.4 is 15.2 Å². The second kappa shape index (κ2) is 7.06. The molecule has 1 fully saturated rings. The summed E-state index contributed by atoms with van der Waals surface area (Å²) in [6.45, 7) is 3.07. The fraction of sp³-hybridized carbons (Fsp3) is 0.647. The number of nitrogens with two attached hydrogens (primary N) is 1. The van der Waals surface area contributed by atoms with E-state index in [1.165, 1.54) is 0 Å². The summed E-state index contributed by atoms with van der Waals surface area (Å²) in [6, 6.07) is 3.64. The van der Waals surface area contributed by atoms with E-state index in [2.05, 4.69) is 0 Å². The SMILES string of the molecule is COc1ccc(OC)c2c1CC(N)(C1(C)OCCCO1)CC2O.Cl. The van der Waals surface area contributed by atoms with Gasteiger partial charge in [0.2, 0.25) is 0 Å². The van der Waals surface area contributed by atoms with E-state index in [0.717, 1.165) is 17.5 Å². The first-order valence-electron chi connectivity index (χ1n) is 7.93. The summed E-state index contributed by atoms with van der Waals surface area (Å²) in [5, 5.41) is 10.7. The molecule has 0 bridgehead atoms. The maximum absolute atomic E-state index is 10.7. The molecule has 1 heterocycles. The minimum Gasteiger partial charge on any atom is -0.496 e. The lowest BCUT2D eigenvalue weighted by Gasteiger charge is -2.50. The van der Waals surface area contributed by atoms with Gasteiger partial charge in [-0.15, -0.1) is 12.4 Å². The van der Waals surface area contributed by atoms with Crippen LogP contribution in [0.4, 0.5) is 0 Å². The van der Waals surface area contributed by atoms with Gasteiger partial charge >= 0.3 is 0 Å². The Morgan fingerprint density at radius 1 is 1.17 bits per heavy atom. The van der Waals surface area contributed by atoms with Gasteiger partial charge < -0.3 is 29.8 Å². The van der Waals surface area contributed by atoms with Crippen LogP contribution in [0.2, 0.25) is 0 Å². The van der Waals surface area contributed by atoms with E-state index >= 15 is 0 Å². The largest absolute Gasteiger partial charge is 0.496 e. The van der Waals surface area contributed by atoms with Crippen molar-refractivity contribution >= 4 is 12.4 Å². The van der Waals surface area contributed by atoms with Crippen LogP contribution in [-0.2, 0) is 15.9 Å². The summed E-state index contributed by atoms with van der Waals surface area (Å²) in [5.41, 5.74) is 7.43. The Kier molecular flexibility index (Phi) is 5.67. The zero-order valence-corrected chi connectivity index (χ0v) is 15.1. The predicted molar refractivity (Wildman–Crippen MR) is 91.9 cm³/mol. The Hall–Kier alpha value is -1.05. The number of benzene rings is 1. The van der Waals surface area contributed by atoms with Gasteiger partial charge in [-0.1, -0.05) is 0 Å². The summed E-state index contributed by atoms with van der Waals surface area (Å²) >= 11 is 0. The minimum atomic E-state index is -0.933. The topological polar surface area (TPSA) is 83.2 Å². The Morgan fingerprint density at radius 3 is 2.33 bits per heavy atom. The zero-order chi connectivity index (χ0) is 16.7. The molecule has 7 heteroatoms. The number of rotatable bonds is 3. The standard InChI is InChI=1S/C17H25NO5.ClH/c1-16(22-7-4-8-23-16)17(18)9-11-13(20-2)5-6-14(21-3)15(11)12(19)10-17;/h5-6,12,19H,4,7-10,18H2,1-3H3;1H. The lowest BCUT2D eigenvalue weighted by Crippen LogP contribution is -2.66. The van der Waals surface area contributed by atoms with E-state index in [1.54, 1.807) is 20.3 Å². The molecule has 136 valence electrons. The highest BCUT2D eigenvalue weighted by molar-refractivity contribution is 5.85. The summed E-state index contributed by atoms with van der Waals surface area (Å²) in [5.74, 6) is 0.401. The molecular weight excluding hydrogens is 334 g/mol. The number of hydrogen-bond donors (Lipinski definition) is 2. The van der Waals surface area contributed by atoms with Gasteiger partial charge in [0.25, 0.3) is 0 Å². The molecule has 1 aliphatic heterocycles. The van der Waals surface area contributed by atoms with Crippen LogP contribution in [0.1, 0.15) is 37.0 Å². The van der Waals surface area contributed by atoms with Crippen LogP contribution in [0.5, 0.6) is 11.5 Å². The number of hydrogen-bond acceptors (Lipinski definition) is 6. The molecule has 3 rings (SSSR count). The lowest BCUT2D eigenvalue weighted by atomic mass is 9.71. The van der Waals surface area contributed by atoms with Gasteiger partial charge in [-0.3, -0.25) is 0 Å². The number of aliphatic hydroxyl groups excluding tert-OH is 1.